The molecule has 55 heavy (non-hydrogen) atoms. The fourth-order valence-electron chi connectivity index (χ4n) is 7.72. The Hall–Kier alpha value is -5.76. The van der Waals surface area contributed by atoms with Gasteiger partial charge in [0.15, 0.2) is 11.6 Å². The number of nitrogens with one attached hydrogen (secondary N) is 1. The van der Waals surface area contributed by atoms with Gasteiger partial charge in [-0.05, 0) is 80.1 Å². The predicted octanol–water partition coefficient (Wildman–Crippen LogP) is 9.41. The number of hydrogen-bond donors (Lipinski definition) is 2. The standard InChI is InChI=1S/C41H37F5N6O3/c1-23-17-37(55-39-31(42)11-6-12-32(39)43)48-22-35(23)52-40(47)29(21-49-52)38(53)34-18-24-19-36(54-26-13-15-51(16-14-26)25-7-2-3-8-25)28(20-33(24)50-34)27-9-4-5-10-30(27)41(44,45)46/h4-6,9-12,17-22,25-26,50H,2-3,7-8,13-16,47H2,1H3. The van der Waals surface area contributed by atoms with Gasteiger partial charge in [0.25, 0.3) is 0 Å². The number of ether oxygens (including phenoxy) is 2. The number of fused-ring (bicyclic) bond motifs is 1. The summed E-state index contributed by atoms with van der Waals surface area (Å²) in [5, 5.41) is 4.88. The van der Waals surface area contributed by atoms with Crippen LogP contribution in [0.4, 0.5) is 27.8 Å². The van der Waals surface area contributed by atoms with Gasteiger partial charge in [-0.2, -0.15) is 18.3 Å². The number of carbonyl (C=O) groups is 1. The Morgan fingerprint density at radius 3 is 2.35 bits per heavy atom. The summed E-state index contributed by atoms with van der Waals surface area (Å²) in [6.45, 7) is 3.42. The number of carbonyl (C=O) groups excluding carboxylic acids is 1. The molecule has 0 atom stereocenters. The van der Waals surface area contributed by atoms with Crippen molar-refractivity contribution in [1.82, 2.24) is 24.6 Å². The fourth-order valence-corrected chi connectivity index (χ4v) is 7.72. The molecule has 0 bridgehead atoms. The lowest BCUT2D eigenvalue weighted by Crippen LogP contribution is -2.43. The molecule has 1 aliphatic heterocycles. The molecule has 3 aromatic heterocycles. The van der Waals surface area contributed by atoms with Crippen LogP contribution in [0.2, 0.25) is 0 Å². The summed E-state index contributed by atoms with van der Waals surface area (Å²) in [5.74, 6) is -2.64. The Morgan fingerprint density at radius 2 is 1.64 bits per heavy atom. The van der Waals surface area contributed by atoms with Crippen LogP contribution >= 0.6 is 0 Å². The van der Waals surface area contributed by atoms with Gasteiger partial charge in [-0.1, -0.05) is 37.1 Å². The number of H-pyrrole nitrogens is 1. The molecule has 9 nitrogen and oxygen atoms in total. The molecule has 0 amide bonds. The van der Waals surface area contributed by atoms with E-state index < -0.39 is 34.9 Å². The molecular weight excluding hydrogens is 719 g/mol. The lowest BCUT2D eigenvalue weighted by atomic mass is 9.97. The van der Waals surface area contributed by atoms with E-state index in [4.69, 9.17) is 15.2 Å². The molecule has 2 fully saturated rings. The molecule has 6 aromatic rings. The van der Waals surface area contributed by atoms with Crippen LogP contribution < -0.4 is 15.2 Å². The second-order valence-corrected chi connectivity index (χ2v) is 14.1. The summed E-state index contributed by atoms with van der Waals surface area (Å²) in [5.41, 5.74) is 7.46. The SMILES string of the molecule is Cc1cc(Oc2c(F)cccc2F)ncc1-n1ncc(C(=O)c2cc3cc(OC4CCN(C5CCCC5)CC4)c(-c4ccccc4C(F)(F)F)cc3[nH]2)c1N. The second kappa shape index (κ2) is 14.5. The fraction of sp³-hybridized carbons (Fsp3) is 0.293. The highest BCUT2D eigenvalue weighted by Gasteiger charge is 2.35. The molecule has 0 radical (unpaired) electrons. The third kappa shape index (κ3) is 7.13. The van der Waals surface area contributed by atoms with Crippen LogP contribution in [0.5, 0.6) is 17.4 Å². The van der Waals surface area contributed by atoms with Gasteiger partial charge >= 0.3 is 6.18 Å². The average Bonchev–Trinajstić information content (AvgIpc) is 3.94. The number of anilines is 1. The van der Waals surface area contributed by atoms with Crippen molar-refractivity contribution in [2.24, 2.45) is 0 Å². The first-order valence-electron chi connectivity index (χ1n) is 18.2. The third-order valence-corrected chi connectivity index (χ3v) is 10.6. The average molecular weight is 757 g/mol. The lowest BCUT2D eigenvalue weighted by molar-refractivity contribution is -0.137. The van der Waals surface area contributed by atoms with Crippen molar-refractivity contribution in [2.45, 2.75) is 63.8 Å². The summed E-state index contributed by atoms with van der Waals surface area (Å²) < 4.78 is 84.4. The molecule has 3 aromatic carbocycles. The Labute approximate surface area is 312 Å². The van der Waals surface area contributed by atoms with Crippen LogP contribution in [0.15, 0.2) is 79.1 Å². The molecule has 8 rings (SSSR count). The smallest absolute Gasteiger partial charge is 0.417 e. The van der Waals surface area contributed by atoms with Crippen LogP contribution in [-0.4, -0.2) is 55.7 Å². The molecule has 1 saturated carbocycles. The van der Waals surface area contributed by atoms with Crippen LogP contribution in [0.3, 0.4) is 0 Å². The highest BCUT2D eigenvalue weighted by atomic mass is 19.4. The van der Waals surface area contributed by atoms with Crippen molar-refractivity contribution >= 4 is 22.5 Å². The number of rotatable bonds is 9. The zero-order chi connectivity index (χ0) is 38.4. The summed E-state index contributed by atoms with van der Waals surface area (Å²) >= 11 is 0. The minimum atomic E-state index is -4.61. The van der Waals surface area contributed by atoms with Crippen molar-refractivity contribution in [3.63, 3.8) is 0 Å². The maximum atomic E-state index is 14.3. The number of benzene rings is 3. The van der Waals surface area contributed by atoms with Crippen molar-refractivity contribution in [2.75, 3.05) is 18.8 Å². The van der Waals surface area contributed by atoms with Gasteiger partial charge < -0.3 is 25.1 Å². The zero-order valence-corrected chi connectivity index (χ0v) is 29.8. The van der Waals surface area contributed by atoms with E-state index in [1.165, 1.54) is 67.0 Å². The number of nitrogen functional groups attached to an aromatic ring is 1. The first kappa shape index (κ1) is 36.2. The van der Waals surface area contributed by atoms with Gasteiger partial charge in [-0.3, -0.25) is 4.79 Å². The highest BCUT2D eigenvalue weighted by molar-refractivity contribution is 6.13. The Bertz CT molecular complexity index is 2370. The summed E-state index contributed by atoms with van der Waals surface area (Å²) in [6, 6.07) is 15.7. The minimum absolute atomic E-state index is 0.00450. The van der Waals surface area contributed by atoms with E-state index in [0.29, 0.717) is 33.9 Å². The number of aryl methyl sites for hydroxylation is 1. The number of piperidine rings is 1. The number of ketones is 1. The number of aromatic amines is 1. The number of halogens is 5. The number of aromatic nitrogens is 4. The molecule has 0 unspecified atom stereocenters. The molecule has 1 aliphatic carbocycles. The molecule has 14 heteroatoms. The molecule has 3 N–H and O–H groups in total. The molecule has 284 valence electrons. The van der Waals surface area contributed by atoms with E-state index in [-0.39, 0.29) is 40.2 Å². The van der Waals surface area contributed by atoms with Crippen LogP contribution in [0.1, 0.15) is 65.7 Å². The molecule has 1 saturated heterocycles. The van der Waals surface area contributed by atoms with Gasteiger partial charge in [-0.25, -0.2) is 18.4 Å². The number of alkyl halides is 3. The molecule has 4 heterocycles. The Balaban J connectivity index is 1.09. The van der Waals surface area contributed by atoms with E-state index in [1.54, 1.807) is 31.2 Å². The largest absolute Gasteiger partial charge is 0.490 e. The van der Waals surface area contributed by atoms with Crippen molar-refractivity contribution < 1.29 is 36.2 Å². The number of nitrogens with two attached hydrogens (primary N) is 1. The minimum Gasteiger partial charge on any atom is -0.490 e. The Kier molecular flexibility index (Phi) is 9.53. The number of para-hydroxylation sites is 1. The van der Waals surface area contributed by atoms with Gasteiger partial charge in [0.2, 0.25) is 17.4 Å². The maximum absolute atomic E-state index is 14.3. The van der Waals surface area contributed by atoms with Gasteiger partial charge in [0, 0.05) is 41.7 Å². The zero-order valence-electron chi connectivity index (χ0n) is 29.8. The molecule has 2 aliphatic rings. The summed E-state index contributed by atoms with van der Waals surface area (Å²) in [7, 11) is 0. The lowest BCUT2D eigenvalue weighted by Gasteiger charge is -2.36. The topological polar surface area (TPSA) is 111 Å². The van der Waals surface area contributed by atoms with Crippen molar-refractivity contribution in [3.05, 3.63) is 113 Å². The number of likely N-dealkylation sites (tertiary alicyclic amines) is 1. The van der Waals surface area contributed by atoms with Gasteiger partial charge in [-0.15, -0.1) is 0 Å². The van der Waals surface area contributed by atoms with E-state index in [0.717, 1.165) is 44.1 Å². The van der Waals surface area contributed by atoms with Crippen LogP contribution in [0.25, 0.3) is 27.7 Å². The monoisotopic (exact) mass is 756 g/mol. The van der Waals surface area contributed by atoms with Crippen LogP contribution in [-0.2, 0) is 6.18 Å². The normalized spacial score (nSPS) is 15.9. The number of pyridine rings is 1. The van der Waals surface area contributed by atoms with Crippen LogP contribution in [0, 0.1) is 18.6 Å². The summed E-state index contributed by atoms with van der Waals surface area (Å²) in [6.07, 6.45) is 4.25. The predicted molar refractivity (Wildman–Crippen MR) is 197 cm³/mol. The van der Waals surface area contributed by atoms with Gasteiger partial charge in [0.05, 0.1) is 34.9 Å². The van der Waals surface area contributed by atoms with E-state index in [9.17, 15) is 26.7 Å². The first-order valence-corrected chi connectivity index (χ1v) is 18.2. The highest BCUT2D eigenvalue weighted by Crippen LogP contribution is 2.43. The number of hydrogen-bond acceptors (Lipinski definition) is 7. The van der Waals surface area contributed by atoms with Crippen molar-refractivity contribution in [3.8, 4) is 34.2 Å². The van der Waals surface area contributed by atoms with E-state index in [2.05, 4.69) is 20.0 Å². The second-order valence-electron chi connectivity index (χ2n) is 14.1. The quantitative estimate of drug-likeness (QED) is 0.112. The number of nitrogens with zero attached hydrogens (tertiary/aromatic N) is 4. The van der Waals surface area contributed by atoms with E-state index in [1.807, 2.05) is 0 Å². The molecular formula is C41H37F5N6O3. The molecule has 0 spiro atoms. The van der Waals surface area contributed by atoms with E-state index >= 15 is 0 Å². The summed E-state index contributed by atoms with van der Waals surface area (Å²) in [4.78, 5) is 23.7. The third-order valence-electron chi connectivity index (χ3n) is 10.6. The van der Waals surface area contributed by atoms with Gasteiger partial charge in [0.1, 0.15) is 17.7 Å². The Morgan fingerprint density at radius 1 is 0.909 bits per heavy atom. The van der Waals surface area contributed by atoms with Crippen molar-refractivity contribution in [1.29, 1.82) is 0 Å². The maximum Gasteiger partial charge on any atom is 0.417 e. The first-order chi connectivity index (χ1) is 26.4.